The van der Waals surface area contributed by atoms with Gasteiger partial charge in [-0.05, 0) is 48.9 Å². The average Bonchev–Trinajstić information content (AvgIpc) is 2.92. The van der Waals surface area contributed by atoms with E-state index in [-0.39, 0.29) is 12.5 Å². The van der Waals surface area contributed by atoms with Crippen molar-refractivity contribution in [1.82, 2.24) is 5.32 Å². The lowest BCUT2D eigenvalue weighted by molar-refractivity contribution is 0.0938. The smallest absolute Gasteiger partial charge is 0.316 e. The Hall–Kier alpha value is -2.08. The summed E-state index contributed by atoms with van der Waals surface area (Å²) in [6.45, 7) is 0.777. The number of aliphatic hydroxyl groups excluding tert-OH is 1. The highest BCUT2D eigenvalue weighted by atomic mass is 16.3. The first-order valence-electron chi connectivity index (χ1n) is 7.15. The number of rotatable bonds is 5. The van der Waals surface area contributed by atoms with Gasteiger partial charge in [-0.2, -0.15) is 0 Å². The summed E-state index contributed by atoms with van der Waals surface area (Å²) in [5.41, 5.74) is 6.10. The van der Waals surface area contributed by atoms with Crippen molar-refractivity contribution in [3.63, 3.8) is 0 Å². The molecule has 0 spiro atoms. The van der Waals surface area contributed by atoms with Gasteiger partial charge in [-0.1, -0.05) is 6.42 Å². The third kappa shape index (κ3) is 4.19. The van der Waals surface area contributed by atoms with Gasteiger partial charge in [0.15, 0.2) is 0 Å². The minimum Gasteiger partial charge on any atom is -0.396 e. The number of nitrogens with one attached hydrogen (secondary N) is 2. The van der Waals surface area contributed by atoms with Crippen LogP contribution in [0.25, 0.3) is 0 Å². The standard InChI is InChI=1S/C15H21N3O3/c16-15(21)18-13-6-4-10(5-7-13)14(20)17-8-11-2-1-3-12(11)9-19/h4-7,11-12,19H,1-3,8-9H2,(H,17,20)(H3,16,18,21). The number of hydrogen-bond acceptors (Lipinski definition) is 3. The van der Waals surface area contributed by atoms with E-state index in [0.29, 0.717) is 29.6 Å². The van der Waals surface area contributed by atoms with Gasteiger partial charge in [-0.25, -0.2) is 4.79 Å². The van der Waals surface area contributed by atoms with E-state index >= 15 is 0 Å². The Morgan fingerprint density at radius 1 is 1.19 bits per heavy atom. The van der Waals surface area contributed by atoms with E-state index in [1.807, 2.05) is 0 Å². The van der Waals surface area contributed by atoms with Crippen LogP contribution in [0.1, 0.15) is 29.6 Å². The maximum atomic E-state index is 12.0. The van der Waals surface area contributed by atoms with Gasteiger partial charge in [0.05, 0.1) is 0 Å². The number of nitrogens with two attached hydrogens (primary N) is 1. The molecule has 3 amide bonds. The van der Waals surface area contributed by atoms with Crippen molar-refractivity contribution in [3.05, 3.63) is 29.8 Å². The van der Waals surface area contributed by atoms with Crippen LogP contribution in [0, 0.1) is 11.8 Å². The van der Waals surface area contributed by atoms with Gasteiger partial charge in [-0.15, -0.1) is 0 Å². The van der Waals surface area contributed by atoms with Gasteiger partial charge in [-0.3, -0.25) is 4.79 Å². The highest BCUT2D eigenvalue weighted by Crippen LogP contribution is 2.30. The first-order valence-corrected chi connectivity index (χ1v) is 7.15. The second-order valence-electron chi connectivity index (χ2n) is 5.41. The summed E-state index contributed by atoms with van der Waals surface area (Å²) >= 11 is 0. The molecule has 2 unspecified atom stereocenters. The molecule has 1 fully saturated rings. The zero-order chi connectivity index (χ0) is 15.2. The van der Waals surface area contributed by atoms with Crippen molar-refractivity contribution in [2.24, 2.45) is 17.6 Å². The molecule has 0 heterocycles. The third-order valence-electron chi connectivity index (χ3n) is 3.99. The van der Waals surface area contributed by atoms with Crippen molar-refractivity contribution < 1.29 is 14.7 Å². The molecule has 1 aliphatic carbocycles. The lowest BCUT2D eigenvalue weighted by Gasteiger charge is -2.17. The molecule has 1 aromatic carbocycles. The van der Waals surface area contributed by atoms with Gasteiger partial charge < -0.3 is 21.5 Å². The maximum Gasteiger partial charge on any atom is 0.316 e. The number of benzene rings is 1. The number of carbonyl (C=O) groups excluding carboxylic acids is 2. The summed E-state index contributed by atoms with van der Waals surface area (Å²) in [5.74, 6) is 0.506. The van der Waals surface area contributed by atoms with Crippen LogP contribution in [0.3, 0.4) is 0 Å². The van der Waals surface area contributed by atoms with Crippen molar-refractivity contribution in [2.75, 3.05) is 18.5 Å². The van der Waals surface area contributed by atoms with Crippen LogP contribution in [-0.4, -0.2) is 30.2 Å². The molecule has 2 atom stereocenters. The van der Waals surface area contributed by atoms with Crippen molar-refractivity contribution >= 4 is 17.6 Å². The molecule has 2 rings (SSSR count). The molecule has 6 heteroatoms. The van der Waals surface area contributed by atoms with Crippen LogP contribution in [0.15, 0.2) is 24.3 Å². The minimum atomic E-state index is -0.636. The Labute approximate surface area is 123 Å². The van der Waals surface area contributed by atoms with Crippen LogP contribution in [0.4, 0.5) is 10.5 Å². The minimum absolute atomic E-state index is 0.149. The maximum absolute atomic E-state index is 12.0. The van der Waals surface area contributed by atoms with E-state index < -0.39 is 6.03 Å². The molecular weight excluding hydrogens is 270 g/mol. The fourth-order valence-corrected chi connectivity index (χ4v) is 2.80. The summed E-state index contributed by atoms with van der Waals surface area (Å²) in [6, 6.07) is 5.90. The summed E-state index contributed by atoms with van der Waals surface area (Å²) in [6.07, 6.45) is 3.19. The zero-order valence-corrected chi connectivity index (χ0v) is 11.8. The third-order valence-corrected chi connectivity index (χ3v) is 3.99. The van der Waals surface area contributed by atoms with Crippen LogP contribution >= 0.6 is 0 Å². The average molecular weight is 291 g/mol. The number of aliphatic hydroxyl groups is 1. The molecule has 1 aromatic rings. The Morgan fingerprint density at radius 2 is 1.86 bits per heavy atom. The molecule has 0 saturated heterocycles. The van der Waals surface area contributed by atoms with Gasteiger partial charge in [0.25, 0.3) is 5.91 Å². The molecule has 5 N–H and O–H groups in total. The highest BCUT2D eigenvalue weighted by molar-refractivity contribution is 5.95. The van der Waals surface area contributed by atoms with Gasteiger partial charge in [0, 0.05) is 24.4 Å². The molecule has 6 nitrogen and oxygen atoms in total. The fourth-order valence-electron chi connectivity index (χ4n) is 2.80. The van der Waals surface area contributed by atoms with E-state index in [0.717, 1.165) is 19.3 Å². The first-order chi connectivity index (χ1) is 10.1. The second kappa shape index (κ2) is 7.08. The van der Waals surface area contributed by atoms with Crippen LogP contribution in [0.5, 0.6) is 0 Å². The number of carbonyl (C=O) groups is 2. The van der Waals surface area contributed by atoms with Crippen molar-refractivity contribution in [1.29, 1.82) is 0 Å². The number of amides is 3. The van der Waals surface area contributed by atoms with E-state index in [1.54, 1.807) is 24.3 Å². The summed E-state index contributed by atoms with van der Waals surface area (Å²) in [7, 11) is 0. The second-order valence-corrected chi connectivity index (χ2v) is 5.41. The Kier molecular flexibility index (Phi) is 5.16. The molecule has 0 bridgehead atoms. The Balaban J connectivity index is 1.87. The van der Waals surface area contributed by atoms with Crippen LogP contribution < -0.4 is 16.4 Å². The number of hydrogen-bond donors (Lipinski definition) is 4. The quantitative estimate of drug-likeness (QED) is 0.657. The van der Waals surface area contributed by atoms with Gasteiger partial charge in [0.2, 0.25) is 0 Å². The lowest BCUT2D eigenvalue weighted by Crippen LogP contribution is -2.31. The predicted octanol–water partition coefficient (Wildman–Crippen LogP) is 1.32. The van der Waals surface area contributed by atoms with Crippen LogP contribution in [0.2, 0.25) is 0 Å². The summed E-state index contributed by atoms with van der Waals surface area (Å²) in [5, 5.41) is 14.6. The zero-order valence-electron chi connectivity index (χ0n) is 11.8. The van der Waals surface area contributed by atoms with E-state index in [4.69, 9.17) is 5.73 Å². The Bertz CT molecular complexity index is 501. The largest absolute Gasteiger partial charge is 0.396 e. The molecule has 0 aromatic heterocycles. The number of urea groups is 1. The molecule has 1 aliphatic rings. The van der Waals surface area contributed by atoms with E-state index in [1.165, 1.54) is 0 Å². The summed E-state index contributed by atoms with van der Waals surface area (Å²) in [4.78, 5) is 22.8. The van der Waals surface area contributed by atoms with Crippen molar-refractivity contribution in [3.8, 4) is 0 Å². The molecule has 114 valence electrons. The SMILES string of the molecule is NC(=O)Nc1ccc(C(=O)NCC2CCCC2CO)cc1. The van der Waals surface area contributed by atoms with Gasteiger partial charge in [0.1, 0.15) is 0 Å². The predicted molar refractivity (Wildman–Crippen MR) is 79.9 cm³/mol. The fraction of sp³-hybridized carbons (Fsp3) is 0.467. The summed E-state index contributed by atoms with van der Waals surface area (Å²) < 4.78 is 0. The normalized spacial score (nSPS) is 21.0. The highest BCUT2D eigenvalue weighted by Gasteiger charge is 2.26. The monoisotopic (exact) mass is 291 g/mol. The molecule has 1 saturated carbocycles. The molecule has 0 radical (unpaired) electrons. The van der Waals surface area contributed by atoms with Crippen molar-refractivity contribution in [2.45, 2.75) is 19.3 Å². The Morgan fingerprint density at radius 3 is 2.48 bits per heavy atom. The molecule has 0 aliphatic heterocycles. The van der Waals surface area contributed by atoms with E-state index in [9.17, 15) is 14.7 Å². The lowest BCUT2D eigenvalue weighted by atomic mass is 9.97. The topological polar surface area (TPSA) is 104 Å². The first kappa shape index (κ1) is 15.3. The van der Waals surface area contributed by atoms with Gasteiger partial charge >= 0.3 is 6.03 Å². The molecular formula is C15H21N3O3. The number of anilines is 1. The number of primary amides is 1. The van der Waals surface area contributed by atoms with E-state index in [2.05, 4.69) is 10.6 Å². The molecule has 21 heavy (non-hydrogen) atoms. The van der Waals surface area contributed by atoms with Crippen LogP contribution in [-0.2, 0) is 0 Å².